The number of aliphatic carboxylic acids is 2. The molecule has 1 aliphatic rings. The van der Waals surface area contributed by atoms with Crippen molar-refractivity contribution in [1.29, 1.82) is 0 Å². The van der Waals surface area contributed by atoms with Gasteiger partial charge in [0, 0.05) is 38.3 Å². The molecule has 1 aromatic carbocycles. The van der Waals surface area contributed by atoms with Crippen molar-refractivity contribution in [3.05, 3.63) is 60.0 Å². The molecular weight excluding hydrogens is 540 g/mol. The number of pyridine rings is 1. The molecule has 1 atom stereocenters. The summed E-state index contributed by atoms with van der Waals surface area (Å²) in [6.45, 7) is 2.37. The fourth-order valence-electron chi connectivity index (χ4n) is 3.48. The van der Waals surface area contributed by atoms with Gasteiger partial charge in [0.1, 0.15) is 0 Å². The van der Waals surface area contributed by atoms with Gasteiger partial charge in [-0.15, -0.1) is 0 Å². The number of nitrogens with one attached hydrogen (secondary N) is 1. The summed E-state index contributed by atoms with van der Waals surface area (Å²) in [6.07, 6.45) is -7.92. The molecule has 4 rings (SSSR count). The van der Waals surface area contributed by atoms with E-state index in [0.29, 0.717) is 6.42 Å². The number of fused-ring (bicyclic) bond motifs is 2. The van der Waals surface area contributed by atoms with Crippen LogP contribution in [0.5, 0.6) is 0 Å². The molecule has 0 saturated carbocycles. The molecule has 3 heterocycles. The van der Waals surface area contributed by atoms with Crippen LogP contribution in [-0.2, 0) is 27.5 Å². The number of hydrogen-bond acceptors (Lipinski definition) is 6. The zero-order chi connectivity index (χ0) is 29.4. The predicted octanol–water partition coefficient (Wildman–Crippen LogP) is 3.39. The molecule has 16 heteroatoms. The van der Waals surface area contributed by atoms with Crippen LogP contribution in [0.3, 0.4) is 0 Å². The third kappa shape index (κ3) is 9.55. The molecule has 0 saturated heterocycles. The van der Waals surface area contributed by atoms with E-state index in [1.54, 1.807) is 7.05 Å². The largest absolute Gasteiger partial charge is 0.490 e. The van der Waals surface area contributed by atoms with E-state index in [1.807, 2.05) is 35.1 Å². The Morgan fingerprint density at radius 1 is 0.974 bits per heavy atom. The van der Waals surface area contributed by atoms with Gasteiger partial charge in [0.15, 0.2) is 0 Å². The number of para-hydroxylation sites is 1. The van der Waals surface area contributed by atoms with Crippen molar-refractivity contribution >= 4 is 28.7 Å². The SMILES string of the molecule is CNC(=O)CC1CN(Cc2ccc3ccccc3n2)Cc2ccnn21.O=C(O)C(F)(F)F.O=C(O)C(F)(F)F. The van der Waals surface area contributed by atoms with E-state index in [0.717, 1.165) is 41.9 Å². The highest BCUT2D eigenvalue weighted by molar-refractivity contribution is 5.78. The maximum atomic E-state index is 11.8. The number of carbonyl (C=O) groups excluding carboxylic acids is 1. The maximum Gasteiger partial charge on any atom is 0.490 e. The smallest absolute Gasteiger partial charge is 0.475 e. The minimum atomic E-state index is -5.08. The van der Waals surface area contributed by atoms with E-state index in [-0.39, 0.29) is 11.9 Å². The average molecular weight is 563 g/mol. The number of benzene rings is 1. The van der Waals surface area contributed by atoms with Gasteiger partial charge in [-0.05, 0) is 18.2 Å². The Kier molecular flexibility index (Phi) is 10.4. The Balaban J connectivity index is 0.000000317. The first kappa shape index (κ1) is 31.0. The topological polar surface area (TPSA) is 138 Å². The molecule has 0 aliphatic carbocycles. The van der Waals surface area contributed by atoms with Crippen LogP contribution in [-0.4, -0.2) is 73.7 Å². The number of carboxylic acids is 2. The van der Waals surface area contributed by atoms with Crippen molar-refractivity contribution in [2.45, 2.75) is 37.9 Å². The van der Waals surface area contributed by atoms with E-state index in [4.69, 9.17) is 24.8 Å². The summed E-state index contributed by atoms with van der Waals surface area (Å²) in [5.41, 5.74) is 3.20. The monoisotopic (exact) mass is 563 g/mol. The van der Waals surface area contributed by atoms with Gasteiger partial charge in [-0.25, -0.2) is 9.59 Å². The number of amides is 1. The van der Waals surface area contributed by atoms with E-state index in [1.165, 1.54) is 0 Å². The van der Waals surface area contributed by atoms with Gasteiger partial charge in [-0.2, -0.15) is 31.4 Å². The predicted molar refractivity (Wildman–Crippen MR) is 123 cm³/mol. The lowest BCUT2D eigenvalue weighted by molar-refractivity contribution is -0.193. The van der Waals surface area contributed by atoms with Crippen molar-refractivity contribution in [3.8, 4) is 0 Å². The minimum absolute atomic E-state index is 0.0390. The second-order valence-electron chi connectivity index (χ2n) is 8.07. The highest BCUT2D eigenvalue weighted by Gasteiger charge is 2.38. The Hall–Kier alpha value is -4.21. The summed E-state index contributed by atoms with van der Waals surface area (Å²) in [4.78, 5) is 36.7. The number of carboxylic acid groups (broad SMARTS) is 2. The number of aromatic nitrogens is 3. The van der Waals surface area contributed by atoms with Gasteiger partial charge in [-0.3, -0.25) is 19.4 Å². The number of alkyl halides is 6. The molecule has 10 nitrogen and oxygen atoms in total. The van der Waals surface area contributed by atoms with E-state index >= 15 is 0 Å². The molecule has 0 radical (unpaired) electrons. The summed E-state index contributed by atoms with van der Waals surface area (Å²) < 4.78 is 65.5. The zero-order valence-electron chi connectivity index (χ0n) is 20.2. The van der Waals surface area contributed by atoms with Crippen LogP contribution in [0, 0.1) is 0 Å². The summed E-state index contributed by atoms with van der Waals surface area (Å²) in [6, 6.07) is 14.4. The lowest BCUT2D eigenvalue weighted by Crippen LogP contribution is -2.39. The van der Waals surface area contributed by atoms with Crippen molar-refractivity contribution < 1.29 is 50.9 Å². The number of carbonyl (C=O) groups is 3. The van der Waals surface area contributed by atoms with Gasteiger partial charge >= 0.3 is 24.3 Å². The van der Waals surface area contributed by atoms with Crippen LogP contribution in [0.2, 0.25) is 0 Å². The standard InChI is InChI=1S/C19H21N5O.2C2HF3O2/c1-20-19(25)10-17-13-23(12-16-8-9-21-24(16)17)11-15-7-6-14-4-2-3-5-18(14)22-15;2*3-2(4,5)1(6)7/h2-9,17H,10-13H2,1H3,(H,20,25);2*(H,6,7). The summed E-state index contributed by atoms with van der Waals surface area (Å²) in [7, 11) is 1.67. The molecule has 212 valence electrons. The molecule has 1 aliphatic heterocycles. The third-order valence-corrected chi connectivity index (χ3v) is 5.18. The highest BCUT2D eigenvalue weighted by Crippen LogP contribution is 2.24. The zero-order valence-corrected chi connectivity index (χ0v) is 20.2. The number of hydrogen-bond donors (Lipinski definition) is 3. The molecule has 0 fully saturated rings. The summed E-state index contributed by atoms with van der Waals surface area (Å²) in [5, 5.41) is 22.5. The molecule has 3 N–H and O–H groups in total. The molecule has 39 heavy (non-hydrogen) atoms. The van der Waals surface area contributed by atoms with Crippen LogP contribution in [0.25, 0.3) is 10.9 Å². The van der Waals surface area contributed by atoms with Crippen LogP contribution in [0.15, 0.2) is 48.7 Å². The fourth-order valence-corrected chi connectivity index (χ4v) is 3.48. The van der Waals surface area contributed by atoms with E-state index in [9.17, 15) is 31.1 Å². The normalized spacial score (nSPS) is 15.2. The molecule has 0 bridgehead atoms. The van der Waals surface area contributed by atoms with Crippen LogP contribution in [0.4, 0.5) is 26.3 Å². The third-order valence-electron chi connectivity index (χ3n) is 5.18. The minimum Gasteiger partial charge on any atom is -0.475 e. The highest BCUT2D eigenvalue weighted by atomic mass is 19.4. The van der Waals surface area contributed by atoms with Crippen molar-refractivity contribution in [3.63, 3.8) is 0 Å². The second-order valence-corrected chi connectivity index (χ2v) is 8.07. The van der Waals surface area contributed by atoms with Gasteiger partial charge in [0.05, 0.1) is 29.4 Å². The maximum absolute atomic E-state index is 11.8. The summed E-state index contributed by atoms with van der Waals surface area (Å²) >= 11 is 0. The number of rotatable bonds is 4. The van der Waals surface area contributed by atoms with Crippen LogP contribution in [0.1, 0.15) is 23.9 Å². The lowest BCUT2D eigenvalue weighted by Gasteiger charge is -2.33. The van der Waals surface area contributed by atoms with Gasteiger partial charge in [0.25, 0.3) is 0 Å². The number of nitrogens with zero attached hydrogens (tertiary/aromatic N) is 4. The average Bonchev–Trinajstić information content (AvgIpc) is 3.32. The Morgan fingerprint density at radius 2 is 1.56 bits per heavy atom. The van der Waals surface area contributed by atoms with Gasteiger partial charge in [-0.1, -0.05) is 24.3 Å². The van der Waals surface area contributed by atoms with Crippen LogP contribution < -0.4 is 5.32 Å². The quantitative estimate of drug-likeness (QED) is 0.411. The number of halogens is 6. The molecule has 3 aromatic rings. The van der Waals surface area contributed by atoms with Crippen LogP contribution >= 0.6 is 0 Å². The summed E-state index contributed by atoms with van der Waals surface area (Å²) in [5.74, 6) is -5.47. The Morgan fingerprint density at radius 3 is 2.13 bits per heavy atom. The fraction of sp³-hybridized carbons (Fsp3) is 0.348. The molecule has 0 spiro atoms. The van der Waals surface area contributed by atoms with Crippen molar-refractivity contribution in [1.82, 2.24) is 25.0 Å². The van der Waals surface area contributed by atoms with Crippen molar-refractivity contribution in [2.24, 2.45) is 0 Å². The Bertz CT molecular complexity index is 1270. The second kappa shape index (κ2) is 13.0. The lowest BCUT2D eigenvalue weighted by atomic mass is 10.1. The molecule has 1 unspecified atom stereocenters. The first-order valence-corrected chi connectivity index (χ1v) is 11.0. The Labute approximate surface area is 216 Å². The van der Waals surface area contributed by atoms with Gasteiger partial charge in [0.2, 0.25) is 5.91 Å². The van der Waals surface area contributed by atoms with E-state index < -0.39 is 24.3 Å². The van der Waals surface area contributed by atoms with Gasteiger partial charge < -0.3 is 15.5 Å². The first-order valence-electron chi connectivity index (χ1n) is 11.0. The molecule has 1 amide bonds. The molecule has 2 aromatic heterocycles. The van der Waals surface area contributed by atoms with E-state index in [2.05, 4.69) is 33.5 Å². The van der Waals surface area contributed by atoms with Crippen molar-refractivity contribution in [2.75, 3.05) is 13.6 Å². The first-order chi connectivity index (χ1) is 18.1. The molecular formula is C23H23F6N5O5.